The molecule has 0 atom stereocenters. The van der Waals surface area contributed by atoms with Crippen molar-refractivity contribution in [1.82, 2.24) is 4.98 Å². The monoisotopic (exact) mass is 311 g/mol. The Balaban J connectivity index is 1.81. The van der Waals surface area contributed by atoms with Crippen LogP contribution >= 0.6 is 0 Å². The quantitative estimate of drug-likeness (QED) is 0.936. The van der Waals surface area contributed by atoms with E-state index in [1.54, 1.807) is 6.20 Å². The largest absolute Gasteiger partial charge is 0.378 e. The molecular weight excluding hydrogens is 290 g/mol. The number of nitrogens with two attached hydrogens (primary N) is 1. The van der Waals surface area contributed by atoms with Crippen molar-refractivity contribution in [2.75, 3.05) is 31.2 Å². The Morgan fingerprint density at radius 1 is 1.26 bits per heavy atom. The van der Waals surface area contributed by atoms with Crippen LogP contribution in [-0.2, 0) is 16.0 Å². The van der Waals surface area contributed by atoms with E-state index in [9.17, 15) is 4.79 Å². The zero-order valence-electron chi connectivity index (χ0n) is 13.3. The van der Waals surface area contributed by atoms with Crippen LogP contribution in [0.15, 0.2) is 36.5 Å². The lowest BCUT2D eigenvalue weighted by atomic mass is 10.0. The van der Waals surface area contributed by atoms with Gasteiger partial charge in [0.25, 0.3) is 0 Å². The summed E-state index contributed by atoms with van der Waals surface area (Å²) < 4.78 is 5.40. The van der Waals surface area contributed by atoms with Crippen molar-refractivity contribution in [3.05, 3.63) is 47.8 Å². The van der Waals surface area contributed by atoms with Gasteiger partial charge in [-0.2, -0.15) is 0 Å². The fraction of sp³-hybridized carbons (Fsp3) is 0.333. The molecule has 0 aliphatic carbocycles. The number of anilines is 1. The number of rotatable bonds is 4. The smallest absolute Gasteiger partial charge is 0.223 e. The molecular formula is C18H21N3O2. The van der Waals surface area contributed by atoms with Gasteiger partial charge < -0.3 is 15.4 Å². The molecule has 0 saturated carbocycles. The zero-order chi connectivity index (χ0) is 16.2. The van der Waals surface area contributed by atoms with E-state index in [1.165, 1.54) is 11.3 Å². The lowest BCUT2D eigenvalue weighted by Crippen LogP contribution is -2.36. The number of benzene rings is 1. The van der Waals surface area contributed by atoms with Crippen LogP contribution in [0.25, 0.3) is 11.1 Å². The summed E-state index contributed by atoms with van der Waals surface area (Å²) in [5.74, 6) is -0.365. The molecule has 0 radical (unpaired) electrons. The molecule has 0 spiro atoms. The third-order valence-electron chi connectivity index (χ3n) is 4.08. The fourth-order valence-corrected chi connectivity index (χ4v) is 2.86. The minimum atomic E-state index is -0.365. The van der Waals surface area contributed by atoms with Gasteiger partial charge in [0.15, 0.2) is 0 Å². The first-order valence-electron chi connectivity index (χ1n) is 7.80. The SMILES string of the molecule is Cc1cc(N2CCOCC2)ccc1-c1ccc(CC(N)=O)nc1. The van der Waals surface area contributed by atoms with Crippen molar-refractivity contribution in [3.8, 4) is 11.1 Å². The molecule has 1 fully saturated rings. The number of amides is 1. The maximum atomic E-state index is 10.9. The summed E-state index contributed by atoms with van der Waals surface area (Å²) in [5.41, 5.74) is 10.5. The van der Waals surface area contributed by atoms with Gasteiger partial charge in [-0.15, -0.1) is 0 Å². The molecule has 0 unspecified atom stereocenters. The van der Waals surface area contributed by atoms with E-state index in [4.69, 9.17) is 10.5 Å². The average molecular weight is 311 g/mol. The highest BCUT2D eigenvalue weighted by Gasteiger charge is 2.12. The molecule has 120 valence electrons. The van der Waals surface area contributed by atoms with Crippen molar-refractivity contribution in [2.45, 2.75) is 13.3 Å². The van der Waals surface area contributed by atoms with E-state index in [1.807, 2.05) is 12.1 Å². The minimum Gasteiger partial charge on any atom is -0.378 e. The maximum Gasteiger partial charge on any atom is 0.223 e. The summed E-state index contributed by atoms with van der Waals surface area (Å²) in [6.07, 6.45) is 1.98. The van der Waals surface area contributed by atoms with Crippen LogP contribution in [0.3, 0.4) is 0 Å². The van der Waals surface area contributed by atoms with Crippen molar-refractivity contribution in [3.63, 3.8) is 0 Å². The van der Waals surface area contributed by atoms with E-state index in [0.29, 0.717) is 5.69 Å². The van der Waals surface area contributed by atoms with E-state index in [-0.39, 0.29) is 12.3 Å². The second kappa shape index (κ2) is 6.79. The molecule has 0 bridgehead atoms. The summed E-state index contributed by atoms with van der Waals surface area (Å²) in [6.45, 7) is 5.54. The average Bonchev–Trinajstić information content (AvgIpc) is 2.56. The molecule has 5 heteroatoms. The Labute approximate surface area is 136 Å². The third kappa shape index (κ3) is 3.68. The highest BCUT2D eigenvalue weighted by Crippen LogP contribution is 2.27. The van der Waals surface area contributed by atoms with E-state index >= 15 is 0 Å². The highest BCUT2D eigenvalue weighted by atomic mass is 16.5. The number of carbonyl (C=O) groups excluding carboxylic acids is 1. The summed E-state index contributed by atoms with van der Waals surface area (Å²) in [6, 6.07) is 10.3. The van der Waals surface area contributed by atoms with Crippen molar-refractivity contribution >= 4 is 11.6 Å². The molecule has 2 N–H and O–H groups in total. The van der Waals surface area contributed by atoms with Gasteiger partial charge in [-0.1, -0.05) is 12.1 Å². The predicted molar refractivity (Wildman–Crippen MR) is 90.3 cm³/mol. The first kappa shape index (κ1) is 15.5. The molecule has 23 heavy (non-hydrogen) atoms. The Kier molecular flexibility index (Phi) is 4.57. The van der Waals surface area contributed by atoms with Gasteiger partial charge in [0.1, 0.15) is 0 Å². The molecule has 2 aromatic rings. The van der Waals surface area contributed by atoms with Gasteiger partial charge in [0, 0.05) is 36.2 Å². The van der Waals surface area contributed by atoms with Crippen molar-refractivity contribution in [2.24, 2.45) is 5.73 Å². The number of primary amides is 1. The summed E-state index contributed by atoms with van der Waals surface area (Å²) in [4.78, 5) is 17.6. The Hall–Kier alpha value is -2.40. The van der Waals surface area contributed by atoms with Gasteiger partial charge in [-0.3, -0.25) is 9.78 Å². The maximum absolute atomic E-state index is 10.9. The molecule has 1 amide bonds. The molecule has 1 aliphatic heterocycles. The lowest BCUT2D eigenvalue weighted by molar-refractivity contribution is -0.117. The second-order valence-corrected chi connectivity index (χ2v) is 5.78. The molecule has 3 rings (SSSR count). The summed E-state index contributed by atoms with van der Waals surface area (Å²) >= 11 is 0. The van der Waals surface area contributed by atoms with Crippen LogP contribution in [0.2, 0.25) is 0 Å². The van der Waals surface area contributed by atoms with E-state index < -0.39 is 0 Å². The predicted octanol–water partition coefficient (Wildman–Crippen LogP) is 1.92. The minimum absolute atomic E-state index is 0.176. The van der Waals surface area contributed by atoms with Crippen molar-refractivity contribution in [1.29, 1.82) is 0 Å². The Morgan fingerprint density at radius 3 is 2.65 bits per heavy atom. The molecule has 1 aromatic carbocycles. The summed E-state index contributed by atoms with van der Waals surface area (Å²) in [7, 11) is 0. The summed E-state index contributed by atoms with van der Waals surface area (Å²) in [5, 5.41) is 0. The molecule has 1 aliphatic rings. The number of ether oxygens (including phenoxy) is 1. The van der Waals surface area contributed by atoms with Gasteiger partial charge in [0.05, 0.1) is 19.6 Å². The number of aryl methyl sites for hydroxylation is 1. The third-order valence-corrected chi connectivity index (χ3v) is 4.08. The number of nitrogens with zero attached hydrogens (tertiary/aromatic N) is 2. The number of pyridine rings is 1. The fourth-order valence-electron chi connectivity index (χ4n) is 2.86. The zero-order valence-corrected chi connectivity index (χ0v) is 13.3. The van der Waals surface area contributed by atoms with Crippen LogP contribution < -0.4 is 10.6 Å². The van der Waals surface area contributed by atoms with Crippen LogP contribution in [0.5, 0.6) is 0 Å². The Bertz CT molecular complexity index is 692. The van der Waals surface area contributed by atoms with Gasteiger partial charge >= 0.3 is 0 Å². The molecule has 1 aromatic heterocycles. The van der Waals surface area contributed by atoms with Crippen LogP contribution in [0.4, 0.5) is 5.69 Å². The molecule has 1 saturated heterocycles. The van der Waals surface area contributed by atoms with Crippen LogP contribution in [0.1, 0.15) is 11.3 Å². The topological polar surface area (TPSA) is 68.5 Å². The number of hydrogen-bond donors (Lipinski definition) is 1. The Morgan fingerprint density at radius 2 is 2.04 bits per heavy atom. The number of aromatic nitrogens is 1. The number of hydrogen-bond acceptors (Lipinski definition) is 4. The number of carbonyl (C=O) groups is 1. The first-order valence-corrected chi connectivity index (χ1v) is 7.80. The molecule has 2 heterocycles. The normalized spacial score (nSPS) is 14.7. The second-order valence-electron chi connectivity index (χ2n) is 5.78. The van der Waals surface area contributed by atoms with Gasteiger partial charge in [-0.05, 0) is 36.2 Å². The van der Waals surface area contributed by atoms with Crippen molar-refractivity contribution < 1.29 is 9.53 Å². The van der Waals surface area contributed by atoms with Crippen LogP contribution in [0, 0.1) is 6.92 Å². The van der Waals surface area contributed by atoms with Crippen LogP contribution in [-0.4, -0.2) is 37.2 Å². The number of morpholine rings is 1. The standard InChI is InChI=1S/C18H21N3O2/c1-13-10-16(21-6-8-23-9-7-21)4-5-17(13)14-2-3-15(20-12-14)11-18(19)22/h2-5,10,12H,6-9,11H2,1H3,(H2,19,22). The van der Waals surface area contributed by atoms with Gasteiger partial charge in [-0.25, -0.2) is 0 Å². The highest BCUT2D eigenvalue weighted by molar-refractivity contribution is 5.76. The lowest BCUT2D eigenvalue weighted by Gasteiger charge is -2.29. The van der Waals surface area contributed by atoms with Gasteiger partial charge in [0.2, 0.25) is 5.91 Å². The van der Waals surface area contributed by atoms with E-state index in [2.05, 4.69) is 35.0 Å². The van der Waals surface area contributed by atoms with E-state index in [0.717, 1.165) is 37.4 Å². The molecule has 5 nitrogen and oxygen atoms in total. The first-order chi connectivity index (χ1) is 11.1.